The van der Waals surface area contributed by atoms with Crippen LogP contribution in [0.4, 0.5) is 0 Å². The number of hydrogen-bond donors (Lipinski definition) is 1. The van der Waals surface area contributed by atoms with Crippen molar-refractivity contribution in [1.82, 2.24) is 10.3 Å². The molecule has 1 aromatic carbocycles. The zero-order valence-electron chi connectivity index (χ0n) is 14.5. The quantitative estimate of drug-likeness (QED) is 0.917. The highest BCUT2D eigenvalue weighted by atomic mass is 16.5. The third-order valence-electron chi connectivity index (χ3n) is 6.29. The van der Waals surface area contributed by atoms with Gasteiger partial charge in [0.2, 0.25) is 5.91 Å². The first kappa shape index (κ1) is 15.4. The zero-order valence-corrected chi connectivity index (χ0v) is 14.5. The molecule has 3 fully saturated rings. The maximum Gasteiger partial charge on any atom is 0.243 e. The Morgan fingerprint density at radius 2 is 1.80 bits per heavy atom. The number of piperidine rings is 1. The van der Waals surface area contributed by atoms with Gasteiger partial charge in [0.25, 0.3) is 0 Å². The molecule has 4 aliphatic rings. The number of carbonyl (C=O) groups excluding carboxylic acids is 1. The number of fused-ring (bicyclic) bond motifs is 1. The number of amides is 1. The van der Waals surface area contributed by atoms with Crippen LogP contribution >= 0.6 is 0 Å². The maximum absolute atomic E-state index is 11.5. The van der Waals surface area contributed by atoms with E-state index in [-0.39, 0.29) is 11.8 Å². The number of hydrogen-bond acceptors (Lipinski definition) is 4. The van der Waals surface area contributed by atoms with Gasteiger partial charge in [0, 0.05) is 31.0 Å². The molecule has 1 N–H and O–H groups in total. The normalized spacial score (nSPS) is 30.1. The number of rotatable bonds is 4. The molecule has 2 saturated carbocycles. The summed E-state index contributed by atoms with van der Waals surface area (Å²) in [6.07, 6.45) is 7.70. The molecule has 1 amide bonds. The van der Waals surface area contributed by atoms with Gasteiger partial charge in [0.1, 0.15) is 11.9 Å². The molecule has 0 radical (unpaired) electrons. The largest absolute Gasteiger partial charge is 0.490 e. The average Bonchev–Trinajstić information content (AvgIpc) is 3.38. The number of hydrazone groups is 1. The number of likely N-dealkylation sites (tertiary alicyclic amines) is 1. The highest BCUT2D eigenvalue weighted by molar-refractivity contribution is 6.09. The Morgan fingerprint density at radius 1 is 1.04 bits per heavy atom. The number of nitrogens with zero attached hydrogens (tertiary/aromatic N) is 2. The Hall–Kier alpha value is -1.88. The molecular weight excluding hydrogens is 314 g/mol. The number of nitrogens with one attached hydrogen (secondary N) is 1. The second-order valence-corrected chi connectivity index (χ2v) is 7.88. The highest BCUT2D eigenvalue weighted by Crippen LogP contribution is 2.43. The Balaban J connectivity index is 1.18. The fourth-order valence-corrected chi connectivity index (χ4v) is 4.35. The van der Waals surface area contributed by atoms with E-state index >= 15 is 0 Å². The molecule has 2 heterocycles. The van der Waals surface area contributed by atoms with Crippen molar-refractivity contribution in [3.05, 3.63) is 29.8 Å². The van der Waals surface area contributed by atoms with Gasteiger partial charge in [0.05, 0.1) is 5.71 Å². The highest BCUT2D eigenvalue weighted by Gasteiger charge is 2.49. The lowest BCUT2D eigenvalue weighted by atomic mass is 9.90. The van der Waals surface area contributed by atoms with E-state index in [0.717, 1.165) is 42.3 Å². The molecule has 0 spiro atoms. The van der Waals surface area contributed by atoms with Crippen LogP contribution in [0, 0.1) is 11.8 Å². The number of carbonyl (C=O) groups is 1. The minimum Gasteiger partial charge on any atom is -0.490 e. The molecule has 1 aromatic rings. The van der Waals surface area contributed by atoms with E-state index < -0.39 is 0 Å². The van der Waals surface area contributed by atoms with Crippen molar-refractivity contribution in [2.24, 2.45) is 16.9 Å². The van der Waals surface area contributed by atoms with Crippen LogP contribution in [-0.2, 0) is 4.79 Å². The molecule has 5 rings (SSSR count). The zero-order chi connectivity index (χ0) is 16.8. The van der Waals surface area contributed by atoms with Crippen LogP contribution in [0.15, 0.2) is 29.4 Å². The van der Waals surface area contributed by atoms with Crippen molar-refractivity contribution < 1.29 is 9.53 Å². The molecule has 0 bridgehead atoms. The van der Waals surface area contributed by atoms with Crippen molar-refractivity contribution in [1.29, 1.82) is 0 Å². The molecule has 5 heteroatoms. The van der Waals surface area contributed by atoms with Crippen molar-refractivity contribution >= 4 is 11.6 Å². The Morgan fingerprint density at radius 3 is 2.48 bits per heavy atom. The van der Waals surface area contributed by atoms with Crippen LogP contribution in [-0.4, -0.2) is 41.8 Å². The fourth-order valence-electron chi connectivity index (χ4n) is 4.35. The third kappa shape index (κ3) is 2.95. The van der Waals surface area contributed by atoms with Crippen LogP contribution in [0.3, 0.4) is 0 Å². The summed E-state index contributed by atoms with van der Waals surface area (Å²) < 4.78 is 6.20. The first-order chi connectivity index (χ1) is 12.3. The molecule has 132 valence electrons. The van der Waals surface area contributed by atoms with E-state index in [1.165, 1.54) is 32.4 Å². The van der Waals surface area contributed by atoms with Gasteiger partial charge in [0.15, 0.2) is 0 Å². The van der Waals surface area contributed by atoms with Gasteiger partial charge in [-0.05, 0) is 61.9 Å². The van der Waals surface area contributed by atoms with Gasteiger partial charge in [-0.3, -0.25) is 4.79 Å². The van der Waals surface area contributed by atoms with E-state index in [4.69, 9.17) is 4.74 Å². The van der Waals surface area contributed by atoms with E-state index in [1.54, 1.807) is 0 Å². The van der Waals surface area contributed by atoms with Gasteiger partial charge >= 0.3 is 0 Å². The monoisotopic (exact) mass is 339 g/mol. The minimum atomic E-state index is 0.0712. The van der Waals surface area contributed by atoms with E-state index in [2.05, 4.69) is 27.6 Å². The fraction of sp³-hybridized carbons (Fsp3) is 0.600. The predicted molar refractivity (Wildman–Crippen MR) is 95.6 cm³/mol. The van der Waals surface area contributed by atoms with E-state index in [0.29, 0.717) is 12.0 Å². The molecule has 2 aliphatic carbocycles. The molecule has 1 unspecified atom stereocenters. The van der Waals surface area contributed by atoms with Crippen LogP contribution in [0.1, 0.15) is 44.1 Å². The summed E-state index contributed by atoms with van der Waals surface area (Å²) in [5, 5.41) is 4.26. The SMILES string of the molecule is O=C1NN=C(c2ccc(OC3CCN(C4CCC4)CC3)cc2)[C@H]2CC12. The summed E-state index contributed by atoms with van der Waals surface area (Å²) in [7, 11) is 0. The third-order valence-corrected chi connectivity index (χ3v) is 6.29. The average molecular weight is 339 g/mol. The maximum atomic E-state index is 11.5. The van der Waals surface area contributed by atoms with Crippen molar-refractivity contribution in [3.63, 3.8) is 0 Å². The first-order valence-electron chi connectivity index (χ1n) is 9.66. The van der Waals surface area contributed by atoms with Gasteiger partial charge in [-0.15, -0.1) is 0 Å². The van der Waals surface area contributed by atoms with Crippen LogP contribution in [0.25, 0.3) is 0 Å². The summed E-state index contributed by atoms with van der Waals surface area (Å²) in [5.74, 6) is 1.47. The summed E-state index contributed by atoms with van der Waals surface area (Å²) in [6, 6.07) is 9.09. The Labute approximate surface area is 148 Å². The van der Waals surface area contributed by atoms with E-state index in [9.17, 15) is 4.79 Å². The standard InChI is InChI=1S/C20H25N3O2/c24-20-18-12-17(18)19(21-22-20)13-4-6-15(7-5-13)25-16-8-10-23(11-9-16)14-2-1-3-14/h4-7,14,16-18H,1-3,8-12H2,(H,22,24)/t17-,18?/m0/s1. The van der Waals surface area contributed by atoms with E-state index in [1.807, 2.05) is 12.1 Å². The van der Waals surface area contributed by atoms with Crippen LogP contribution < -0.4 is 10.2 Å². The second kappa shape index (κ2) is 6.13. The van der Waals surface area contributed by atoms with Gasteiger partial charge in [-0.1, -0.05) is 6.42 Å². The minimum absolute atomic E-state index is 0.0712. The smallest absolute Gasteiger partial charge is 0.243 e. The molecule has 2 atom stereocenters. The summed E-state index contributed by atoms with van der Waals surface area (Å²) in [6.45, 7) is 2.35. The topological polar surface area (TPSA) is 53.9 Å². The molecule has 1 saturated heterocycles. The molecule has 25 heavy (non-hydrogen) atoms. The van der Waals surface area contributed by atoms with Crippen molar-refractivity contribution in [3.8, 4) is 5.75 Å². The van der Waals surface area contributed by atoms with Gasteiger partial charge in [-0.25, -0.2) is 5.43 Å². The lowest BCUT2D eigenvalue weighted by molar-refractivity contribution is -0.122. The number of benzene rings is 1. The summed E-state index contributed by atoms with van der Waals surface area (Å²) in [4.78, 5) is 14.2. The molecule has 0 aromatic heterocycles. The van der Waals surface area contributed by atoms with Gasteiger partial charge in [-0.2, -0.15) is 5.10 Å². The number of ether oxygens (including phenoxy) is 1. The lowest BCUT2D eigenvalue weighted by Crippen LogP contribution is -2.46. The molecule has 5 nitrogen and oxygen atoms in total. The molecule has 2 aliphatic heterocycles. The van der Waals surface area contributed by atoms with Crippen molar-refractivity contribution in [2.75, 3.05) is 13.1 Å². The second-order valence-electron chi connectivity index (χ2n) is 7.88. The van der Waals surface area contributed by atoms with Crippen LogP contribution in [0.5, 0.6) is 5.75 Å². The summed E-state index contributed by atoms with van der Waals surface area (Å²) in [5.41, 5.74) is 4.75. The predicted octanol–water partition coefficient (Wildman–Crippen LogP) is 2.55. The van der Waals surface area contributed by atoms with Crippen LogP contribution in [0.2, 0.25) is 0 Å². The Bertz CT molecular complexity index is 687. The van der Waals surface area contributed by atoms with Gasteiger partial charge < -0.3 is 9.64 Å². The lowest BCUT2D eigenvalue weighted by Gasteiger charge is -2.41. The Kier molecular flexibility index (Phi) is 3.77. The van der Waals surface area contributed by atoms with Crippen molar-refractivity contribution in [2.45, 2.75) is 50.7 Å². The summed E-state index contributed by atoms with van der Waals surface area (Å²) >= 11 is 0. The first-order valence-corrected chi connectivity index (χ1v) is 9.66. The molecular formula is C20H25N3O2.